The second-order valence-corrected chi connectivity index (χ2v) is 6.22. The van der Waals surface area contributed by atoms with Crippen molar-refractivity contribution in [3.05, 3.63) is 59.8 Å². The number of rotatable bonds is 7. The number of pyridine rings is 1. The van der Waals surface area contributed by atoms with Gasteiger partial charge >= 0.3 is 0 Å². The number of hydrazine groups is 1. The fourth-order valence-corrected chi connectivity index (χ4v) is 2.35. The molecule has 0 saturated heterocycles. The predicted molar refractivity (Wildman–Crippen MR) is 102 cm³/mol. The first kappa shape index (κ1) is 20.3. The molecule has 1 atom stereocenters. The minimum atomic E-state index is -1.56. The molecule has 29 heavy (non-hydrogen) atoms. The molecule has 6 nitrogen and oxygen atoms in total. The van der Waals surface area contributed by atoms with Crippen molar-refractivity contribution >= 4 is 17.5 Å². The Balaban J connectivity index is 1.93. The maximum Gasteiger partial charge on any atom is 0.225 e. The van der Waals surface area contributed by atoms with Crippen LogP contribution in [0.25, 0.3) is 11.4 Å². The van der Waals surface area contributed by atoms with Crippen LogP contribution < -0.4 is 16.2 Å². The zero-order valence-electron chi connectivity index (χ0n) is 15.6. The van der Waals surface area contributed by atoms with Gasteiger partial charge in [-0.3, -0.25) is 15.8 Å². The summed E-state index contributed by atoms with van der Waals surface area (Å²) in [7, 11) is 0. The van der Waals surface area contributed by atoms with Crippen molar-refractivity contribution in [2.45, 2.75) is 26.3 Å². The van der Waals surface area contributed by atoms with Gasteiger partial charge in [0.25, 0.3) is 0 Å². The van der Waals surface area contributed by atoms with Crippen LogP contribution in [0.4, 0.5) is 35.0 Å². The Kier molecular flexibility index (Phi) is 6.10. The highest BCUT2D eigenvalue weighted by atomic mass is 19.2. The van der Waals surface area contributed by atoms with Crippen LogP contribution in [-0.4, -0.2) is 21.0 Å². The van der Waals surface area contributed by atoms with Crippen LogP contribution in [0.15, 0.2) is 36.5 Å². The Bertz CT molecular complexity index is 973. The van der Waals surface area contributed by atoms with Crippen molar-refractivity contribution in [1.29, 1.82) is 0 Å². The topological polar surface area (TPSA) is 74.8 Å². The molecule has 0 bridgehead atoms. The Labute approximate surface area is 164 Å². The molecule has 0 amide bonds. The number of hydrogen-bond acceptors (Lipinski definition) is 6. The van der Waals surface area contributed by atoms with E-state index in [2.05, 4.69) is 31.1 Å². The van der Waals surface area contributed by atoms with E-state index in [9.17, 15) is 17.6 Å². The minimum Gasteiger partial charge on any atom is -0.352 e. The van der Waals surface area contributed by atoms with E-state index in [0.29, 0.717) is 11.4 Å². The monoisotopic (exact) mass is 406 g/mol. The predicted octanol–water partition coefficient (Wildman–Crippen LogP) is 4.74. The summed E-state index contributed by atoms with van der Waals surface area (Å²) < 4.78 is 54.5. The van der Waals surface area contributed by atoms with E-state index < -0.39 is 29.0 Å². The zero-order valence-corrected chi connectivity index (χ0v) is 15.6. The average Bonchev–Trinajstić information content (AvgIpc) is 2.72. The Hall–Kier alpha value is -3.43. The minimum absolute atomic E-state index is 0.0574. The molecule has 0 aliphatic heterocycles. The number of nitrogens with zero attached hydrogens (tertiary/aromatic N) is 3. The smallest absolute Gasteiger partial charge is 0.225 e. The van der Waals surface area contributed by atoms with Gasteiger partial charge in [0.15, 0.2) is 29.1 Å². The van der Waals surface area contributed by atoms with Crippen molar-refractivity contribution < 1.29 is 17.6 Å². The molecule has 2 aromatic heterocycles. The molecular formula is C19H18F4N6. The van der Waals surface area contributed by atoms with E-state index in [1.54, 1.807) is 24.4 Å². The van der Waals surface area contributed by atoms with Crippen LogP contribution in [0.3, 0.4) is 0 Å². The van der Waals surface area contributed by atoms with Gasteiger partial charge in [-0.25, -0.2) is 22.5 Å². The highest BCUT2D eigenvalue weighted by Crippen LogP contribution is 2.25. The lowest BCUT2D eigenvalue weighted by molar-refractivity contribution is 0.459. The largest absolute Gasteiger partial charge is 0.352 e. The molecule has 0 aliphatic carbocycles. The molecule has 0 fully saturated rings. The van der Waals surface area contributed by atoms with Crippen molar-refractivity contribution in [1.82, 2.24) is 15.0 Å². The van der Waals surface area contributed by atoms with Gasteiger partial charge in [0.05, 0.1) is 11.4 Å². The lowest BCUT2D eigenvalue weighted by Gasteiger charge is -2.15. The third-order valence-corrected chi connectivity index (χ3v) is 4.07. The third-order valence-electron chi connectivity index (χ3n) is 4.07. The first-order chi connectivity index (χ1) is 13.9. The van der Waals surface area contributed by atoms with E-state index in [1.165, 1.54) is 6.07 Å². The molecule has 1 aromatic carbocycles. The fraction of sp³-hybridized carbons (Fsp3) is 0.211. The number of hydrogen-bond donors (Lipinski definition) is 3. The maximum absolute atomic E-state index is 13.8. The molecule has 0 aliphatic rings. The molecule has 0 spiro atoms. The quantitative estimate of drug-likeness (QED) is 0.299. The van der Waals surface area contributed by atoms with Gasteiger partial charge in [0, 0.05) is 24.4 Å². The summed E-state index contributed by atoms with van der Waals surface area (Å²) in [5.74, 6) is -5.82. The van der Waals surface area contributed by atoms with Crippen LogP contribution >= 0.6 is 0 Å². The van der Waals surface area contributed by atoms with Crippen molar-refractivity contribution in [2.75, 3.05) is 16.2 Å². The number of halogens is 4. The molecule has 10 heteroatoms. The lowest BCUT2D eigenvalue weighted by Crippen LogP contribution is -2.18. The van der Waals surface area contributed by atoms with Crippen LogP contribution in [0, 0.1) is 23.3 Å². The van der Waals surface area contributed by atoms with Gasteiger partial charge in [0.1, 0.15) is 5.69 Å². The molecule has 0 radical (unpaired) electrons. The summed E-state index contributed by atoms with van der Waals surface area (Å²) in [6.45, 7) is 3.91. The maximum atomic E-state index is 13.8. The molecule has 3 aromatic rings. The van der Waals surface area contributed by atoms with E-state index in [-0.39, 0.29) is 23.9 Å². The van der Waals surface area contributed by atoms with Crippen molar-refractivity contribution in [2.24, 2.45) is 0 Å². The fourth-order valence-electron chi connectivity index (χ4n) is 2.35. The van der Waals surface area contributed by atoms with E-state index in [0.717, 1.165) is 6.42 Å². The second kappa shape index (κ2) is 8.72. The van der Waals surface area contributed by atoms with Gasteiger partial charge in [0.2, 0.25) is 5.95 Å². The third kappa shape index (κ3) is 4.71. The molecule has 3 N–H and O–H groups in total. The number of nitrogens with one attached hydrogen (secondary N) is 3. The van der Waals surface area contributed by atoms with Crippen LogP contribution in [0.1, 0.15) is 20.3 Å². The SMILES string of the molecule is CC[C@H](C)Nc1nc(NNc2c(F)c(F)cc(F)c2F)cc(-c2ccccn2)n1. The van der Waals surface area contributed by atoms with Crippen molar-refractivity contribution in [3.63, 3.8) is 0 Å². The number of aromatic nitrogens is 3. The summed E-state index contributed by atoms with van der Waals surface area (Å²) >= 11 is 0. The number of anilines is 3. The molecule has 3 rings (SSSR count). The zero-order chi connectivity index (χ0) is 21.0. The van der Waals surface area contributed by atoms with Crippen molar-refractivity contribution in [3.8, 4) is 11.4 Å². The van der Waals surface area contributed by atoms with Gasteiger partial charge in [-0.1, -0.05) is 13.0 Å². The summed E-state index contributed by atoms with van der Waals surface area (Å²) in [4.78, 5) is 12.8. The first-order valence-corrected chi connectivity index (χ1v) is 8.81. The highest BCUT2D eigenvalue weighted by molar-refractivity contribution is 5.62. The lowest BCUT2D eigenvalue weighted by atomic mass is 10.2. The summed E-state index contributed by atoms with van der Waals surface area (Å²) in [6, 6.07) is 6.91. The Morgan fingerprint density at radius 1 is 0.931 bits per heavy atom. The van der Waals surface area contributed by atoms with Gasteiger partial charge < -0.3 is 5.32 Å². The first-order valence-electron chi connectivity index (χ1n) is 8.81. The Morgan fingerprint density at radius 3 is 2.28 bits per heavy atom. The average molecular weight is 406 g/mol. The Morgan fingerprint density at radius 2 is 1.66 bits per heavy atom. The van der Waals surface area contributed by atoms with E-state index in [4.69, 9.17) is 0 Å². The summed E-state index contributed by atoms with van der Waals surface area (Å²) in [5, 5.41) is 3.10. The molecule has 152 valence electrons. The second-order valence-electron chi connectivity index (χ2n) is 6.22. The van der Waals surface area contributed by atoms with Gasteiger partial charge in [-0.15, -0.1) is 0 Å². The van der Waals surface area contributed by atoms with E-state index in [1.807, 2.05) is 13.8 Å². The molecule has 0 unspecified atom stereocenters. The van der Waals surface area contributed by atoms with E-state index >= 15 is 0 Å². The van der Waals surface area contributed by atoms with Crippen LogP contribution in [0.5, 0.6) is 0 Å². The number of benzene rings is 1. The van der Waals surface area contributed by atoms with Crippen LogP contribution in [0.2, 0.25) is 0 Å². The normalized spacial score (nSPS) is 11.8. The molecular weight excluding hydrogens is 388 g/mol. The molecule has 0 saturated carbocycles. The van der Waals surface area contributed by atoms with Gasteiger partial charge in [-0.05, 0) is 25.5 Å². The van der Waals surface area contributed by atoms with Gasteiger partial charge in [-0.2, -0.15) is 4.98 Å². The van der Waals surface area contributed by atoms with Crippen LogP contribution in [-0.2, 0) is 0 Å². The standard InChI is InChI=1S/C19H18F4N6/c1-3-10(2)25-19-26-14(13-6-4-5-7-24-13)9-15(27-19)28-29-18-16(22)11(20)8-12(21)17(18)23/h4-10,29H,3H2,1-2H3,(H2,25,26,27,28)/t10-/m0/s1. The summed E-state index contributed by atoms with van der Waals surface area (Å²) in [5.41, 5.74) is 4.56. The highest BCUT2D eigenvalue weighted by Gasteiger charge is 2.19. The molecule has 2 heterocycles. The summed E-state index contributed by atoms with van der Waals surface area (Å²) in [6.07, 6.45) is 2.39.